The second kappa shape index (κ2) is 18.1. The molecule has 2 aromatic heterocycles. The number of ether oxygens (including phenoxy) is 4. The number of methoxy groups -OCH3 is 2. The van der Waals surface area contributed by atoms with Crippen LogP contribution in [0.25, 0.3) is 22.2 Å². The Bertz CT molecular complexity index is 2620. The molecule has 68 heavy (non-hydrogen) atoms. The fourth-order valence-electron chi connectivity index (χ4n) is 10.5. The van der Waals surface area contributed by atoms with E-state index in [1.165, 1.54) is 27.2 Å². The lowest BCUT2D eigenvalue weighted by molar-refractivity contribution is -0.137. The standard InChI is InChI=1S/C50H55F6N7O5/c1-29-20-39(60(23-30-8-14-35(65-5)15-9-30)24-31-10-16-36(66-6)17-11-31)57-44(41(29)50(54,55)56)40-38(52)21-37-43(42(40)53)58-46(67-28-49-18-7-19-62(49)25-32(51)22-49)59-45(37)61-26-33-12-13-34(27-61)63(33)47(64)68-48(2,3)4/h8-11,14-17,20-21,32-34H,7,12-13,18-19,22-28H2,1-6H3/t32-,33?,34?,49+/m1/s1. The summed E-state index contributed by atoms with van der Waals surface area (Å²) in [6.45, 7) is 8.22. The number of aryl methyl sites for hydroxylation is 1. The highest BCUT2D eigenvalue weighted by Gasteiger charge is 2.50. The van der Waals surface area contributed by atoms with Gasteiger partial charge in [0.05, 0.1) is 48.7 Å². The zero-order valence-corrected chi connectivity index (χ0v) is 38.9. The van der Waals surface area contributed by atoms with Gasteiger partial charge in [0.2, 0.25) is 0 Å². The quantitative estimate of drug-likeness (QED) is 0.112. The summed E-state index contributed by atoms with van der Waals surface area (Å²) in [5.41, 5.74) is -3.93. The van der Waals surface area contributed by atoms with Gasteiger partial charge < -0.3 is 28.7 Å². The molecule has 362 valence electrons. The van der Waals surface area contributed by atoms with Crippen LogP contribution in [0.3, 0.4) is 0 Å². The van der Waals surface area contributed by atoms with Crippen molar-refractivity contribution in [2.24, 2.45) is 0 Å². The summed E-state index contributed by atoms with van der Waals surface area (Å²) < 4.78 is 118. The molecule has 4 aliphatic rings. The van der Waals surface area contributed by atoms with Gasteiger partial charge in [0.1, 0.15) is 52.8 Å². The predicted octanol–water partition coefficient (Wildman–Crippen LogP) is 10.1. The van der Waals surface area contributed by atoms with Gasteiger partial charge in [-0.05, 0) is 113 Å². The van der Waals surface area contributed by atoms with Crippen LogP contribution in [0.2, 0.25) is 0 Å². The Morgan fingerprint density at radius 1 is 0.868 bits per heavy atom. The smallest absolute Gasteiger partial charge is 0.418 e. The van der Waals surface area contributed by atoms with Gasteiger partial charge >= 0.3 is 18.3 Å². The Morgan fingerprint density at radius 2 is 1.49 bits per heavy atom. The highest BCUT2D eigenvalue weighted by Crippen LogP contribution is 2.45. The maximum absolute atomic E-state index is 17.7. The van der Waals surface area contributed by atoms with Gasteiger partial charge in [-0.2, -0.15) is 23.1 Å². The molecule has 0 saturated carbocycles. The van der Waals surface area contributed by atoms with Crippen molar-refractivity contribution in [2.45, 2.75) is 108 Å². The lowest BCUT2D eigenvalue weighted by Gasteiger charge is -2.42. The average Bonchev–Trinajstić information content (AvgIpc) is 3.91. The Balaban J connectivity index is 1.17. The summed E-state index contributed by atoms with van der Waals surface area (Å²) >= 11 is 0. The molecule has 4 saturated heterocycles. The minimum Gasteiger partial charge on any atom is -0.497 e. The van der Waals surface area contributed by atoms with Crippen LogP contribution >= 0.6 is 0 Å². The lowest BCUT2D eigenvalue weighted by atomic mass is 9.95. The first-order valence-electron chi connectivity index (χ1n) is 22.9. The summed E-state index contributed by atoms with van der Waals surface area (Å²) in [6, 6.07) is 15.5. The third-order valence-electron chi connectivity index (χ3n) is 13.6. The molecule has 0 radical (unpaired) electrons. The highest BCUT2D eigenvalue weighted by atomic mass is 19.4. The monoisotopic (exact) mass is 947 g/mol. The second-order valence-corrected chi connectivity index (χ2v) is 19.4. The number of piperazine rings is 1. The lowest BCUT2D eigenvalue weighted by Crippen LogP contribution is -2.57. The van der Waals surface area contributed by atoms with Crippen LogP contribution in [-0.4, -0.2) is 107 Å². The Morgan fingerprint density at radius 3 is 2.06 bits per heavy atom. The molecule has 9 rings (SSSR count). The normalized spacial score (nSPS) is 21.6. The molecule has 4 atom stereocenters. The molecule has 2 unspecified atom stereocenters. The summed E-state index contributed by atoms with van der Waals surface area (Å²) in [5, 5.41) is -0.103. The fourth-order valence-corrected chi connectivity index (χ4v) is 10.5. The number of amides is 1. The van der Waals surface area contributed by atoms with Crippen molar-refractivity contribution in [1.29, 1.82) is 0 Å². The number of aromatic nitrogens is 3. The summed E-state index contributed by atoms with van der Waals surface area (Å²) in [5.74, 6) is -1.37. The first-order chi connectivity index (χ1) is 32.3. The van der Waals surface area contributed by atoms with E-state index in [4.69, 9.17) is 23.9 Å². The first kappa shape index (κ1) is 47.0. The van der Waals surface area contributed by atoms with Gasteiger partial charge in [-0.15, -0.1) is 0 Å². The van der Waals surface area contributed by atoms with Crippen molar-refractivity contribution in [3.05, 3.63) is 94.6 Å². The van der Waals surface area contributed by atoms with E-state index in [1.54, 1.807) is 54.8 Å². The third kappa shape index (κ3) is 9.27. The Kier molecular flexibility index (Phi) is 12.5. The number of rotatable bonds is 12. The van der Waals surface area contributed by atoms with Crippen LogP contribution in [0, 0.1) is 18.6 Å². The van der Waals surface area contributed by atoms with Gasteiger partial charge in [-0.1, -0.05) is 24.3 Å². The number of pyridine rings is 1. The SMILES string of the molecule is COc1ccc(CN(Cc2ccc(OC)cc2)c2cc(C)c(C(F)(F)F)c(-c3c(F)cc4c(N5CC6CCC(C5)N6C(=O)OC(C)(C)C)nc(OC[C@@]56CCCN5C[C@H](F)C6)nc4c3F)n2)cc1. The van der Waals surface area contributed by atoms with E-state index >= 15 is 22.0 Å². The highest BCUT2D eigenvalue weighted by molar-refractivity contribution is 5.94. The molecule has 2 bridgehead atoms. The number of carbonyl (C=O) groups excluding carboxylic acids is 1. The van der Waals surface area contributed by atoms with E-state index < -0.39 is 63.6 Å². The number of alkyl halides is 4. The van der Waals surface area contributed by atoms with Gasteiger partial charge in [0.25, 0.3) is 0 Å². The van der Waals surface area contributed by atoms with Crippen molar-refractivity contribution < 1.29 is 50.1 Å². The van der Waals surface area contributed by atoms with Crippen LogP contribution in [0.15, 0.2) is 60.7 Å². The zero-order chi connectivity index (χ0) is 48.3. The van der Waals surface area contributed by atoms with Crippen LogP contribution < -0.4 is 24.0 Å². The molecule has 0 N–H and O–H groups in total. The van der Waals surface area contributed by atoms with E-state index in [9.17, 15) is 9.18 Å². The van der Waals surface area contributed by atoms with Crippen LogP contribution in [0.1, 0.15) is 75.1 Å². The van der Waals surface area contributed by atoms with E-state index in [0.717, 1.165) is 23.6 Å². The van der Waals surface area contributed by atoms with Gasteiger partial charge in [-0.25, -0.2) is 22.9 Å². The molecule has 0 aliphatic carbocycles. The van der Waals surface area contributed by atoms with Crippen LogP contribution in [0.5, 0.6) is 17.5 Å². The number of carbonyl (C=O) groups is 1. The van der Waals surface area contributed by atoms with Crippen molar-refractivity contribution >= 4 is 28.6 Å². The minimum atomic E-state index is -5.09. The number of hydrogen-bond donors (Lipinski definition) is 0. The first-order valence-corrected chi connectivity index (χ1v) is 22.9. The minimum absolute atomic E-state index is 0.0229. The van der Waals surface area contributed by atoms with Gasteiger partial charge in [-0.3, -0.25) is 9.80 Å². The molecule has 4 fully saturated rings. The van der Waals surface area contributed by atoms with E-state index in [0.29, 0.717) is 37.3 Å². The summed E-state index contributed by atoms with van der Waals surface area (Å²) in [6.07, 6.45) is -3.64. The maximum Gasteiger partial charge on any atom is 0.418 e. The Hall–Kier alpha value is -6.04. The van der Waals surface area contributed by atoms with Crippen molar-refractivity contribution in [3.8, 4) is 28.8 Å². The van der Waals surface area contributed by atoms with E-state index in [1.807, 2.05) is 34.1 Å². The Labute approximate surface area is 391 Å². The van der Waals surface area contributed by atoms with E-state index in [-0.39, 0.29) is 86.4 Å². The zero-order valence-electron chi connectivity index (χ0n) is 38.9. The number of hydrogen-bond acceptors (Lipinski definition) is 11. The van der Waals surface area contributed by atoms with Crippen LogP contribution in [-0.2, 0) is 24.0 Å². The molecule has 18 heteroatoms. The third-order valence-corrected chi connectivity index (χ3v) is 13.6. The number of benzene rings is 3. The van der Waals surface area contributed by atoms with Crippen molar-refractivity contribution in [1.82, 2.24) is 24.8 Å². The second-order valence-electron chi connectivity index (χ2n) is 19.4. The number of nitrogens with zero attached hydrogens (tertiary/aromatic N) is 7. The summed E-state index contributed by atoms with van der Waals surface area (Å²) in [7, 11) is 3.07. The van der Waals surface area contributed by atoms with Gasteiger partial charge in [0, 0.05) is 44.5 Å². The van der Waals surface area contributed by atoms with Crippen molar-refractivity contribution in [2.75, 3.05) is 56.8 Å². The van der Waals surface area contributed by atoms with Gasteiger partial charge in [0.15, 0.2) is 5.82 Å². The van der Waals surface area contributed by atoms with Crippen LogP contribution in [0.4, 0.5) is 42.8 Å². The number of halogens is 6. The van der Waals surface area contributed by atoms with E-state index in [2.05, 4.69) is 9.97 Å². The molecular weight excluding hydrogens is 893 g/mol. The molecule has 0 spiro atoms. The molecule has 6 heterocycles. The fraction of sp³-hybridized carbons (Fsp3) is 0.480. The molecule has 4 aliphatic heterocycles. The largest absolute Gasteiger partial charge is 0.497 e. The maximum atomic E-state index is 17.7. The predicted molar refractivity (Wildman–Crippen MR) is 244 cm³/mol. The number of anilines is 2. The molecule has 3 aromatic carbocycles. The molecule has 12 nitrogen and oxygen atoms in total. The molecular formula is C50H55F6N7O5. The number of fused-ring (bicyclic) bond motifs is 4. The average molecular weight is 948 g/mol. The molecule has 1 amide bonds. The molecule has 5 aromatic rings. The topological polar surface area (TPSA) is 106 Å². The summed E-state index contributed by atoms with van der Waals surface area (Å²) in [4.78, 5) is 34.4. The van der Waals surface area contributed by atoms with Crippen molar-refractivity contribution in [3.63, 3.8) is 0 Å².